The topological polar surface area (TPSA) is 50.9 Å². The second-order valence-corrected chi connectivity index (χ2v) is 5.58. The van der Waals surface area contributed by atoms with Crippen LogP contribution >= 0.6 is 11.3 Å². The van der Waals surface area contributed by atoms with Gasteiger partial charge in [-0.05, 0) is 25.0 Å². The van der Waals surface area contributed by atoms with Crippen LogP contribution in [0.4, 0.5) is 10.1 Å². The van der Waals surface area contributed by atoms with Gasteiger partial charge in [0.2, 0.25) is 0 Å². The van der Waals surface area contributed by atoms with Crippen LogP contribution in [0.25, 0.3) is 0 Å². The number of thiazole rings is 1. The number of aryl methyl sites for hydroxylation is 1. The number of hydrogen-bond donors (Lipinski definition) is 2. The van der Waals surface area contributed by atoms with E-state index in [9.17, 15) is 4.39 Å². The first kappa shape index (κ1) is 14.0. The number of anilines is 1. The molecule has 0 aliphatic carbocycles. The van der Waals surface area contributed by atoms with Crippen molar-refractivity contribution in [3.05, 3.63) is 45.7 Å². The summed E-state index contributed by atoms with van der Waals surface area (Å²) >= 11 is 1.70. The number of aromatic nitrogens is 1. The number of nitrogens with zero attached hydrogens (tertiary/aromatic N) is 1. The molecule has 0 amide bonds. The van der Waals surface area contributed by atoms with Crippen LogP contribution in [0.1, 0.15) is 35.3 Å². The molecule has 3 N–H and O–H groups in total. The second kappa shape index (κ2) is 6.12. The van der Waals surface area contributed by atoms with Gasteiger partial charge in [-0.15, -0.1) is 11.3 Å². The molecule has 5 heteroatoms. The molecule has 0 spiro atoms. The Hall–Kier alpha value is -1.46. The predicted octanol–water partition coefficient (Wildman–Crippen LogP) is 3.28. The van der Waals surface area contributed by atoms with Crippen molar-refractivity contribution < 1.29 is 4.39 Å². The Kier molecular flexibility index (Phi) is 4.50. The smallest absolute Gasteiger partial charge is 0.146 e. The van der Waals surface area contributed by atoms with Gasteiger partial charge in [0.25, 0.3) is 0 Å². The van der Waals surface area contributed by atoms with Gasteiger partial charge in [0.15, 0.2) is 0 Å². The second-order valence-electron chi connectivity index (χ2n) is 4.43. The van der Waals surface area contributed by atoms with Crippen LogP contribution in [0.5, 0.6) is 0 Å². The third-order valence-electron chi connectivity index (χ3n) is 3.03. The Labute approximate surface area is 116 Å². The third kappa shape index (κ3) is 3.30. The predicted molar refractivity (Wildman–Crippen MR) is 77.6 cm³/mol. The number of para-hydroxylation sites is 1. The van der Waals surface area contributed by atoms with Crippen molar-refractivity contribution in [2.45, 2.75) is 32.9 Å². The lowest BCUT2D eigenvalue weighted by molar-refractivity contribution is 0.568. The fraction of sp³-hybridized carbons (Fsp3) is 0.357. The summed E-state index contributed by atoms with van der Waals surface area (Å²) in [5.41, 5.74) is 6.70. The zero-order valence-corrected chi connectivity index (χ0v) is 11.9. The van der Waals surface area contributed by atoms with Crippen LogP contribution in [0.15, 0.2) is 24.4 Å². The molecule has 3 nitrogen and oxygen atoms in total. The molecule has 2 rings (SSSR count). The Morgan fingerprint density at radius 3 is 2.95 bits per heavy atom. The average Bonchev–Trinajstić information content (AvgIpc) is 2.89. The summed E-state index contributed by atoms with van der Waals surface area (Å²) in [6, 6.07) is 5.01. The highest BCUT2D eigenvalue weighted by Gasteiger charge is 2.11. The summed E-state index contributed by atoms with van der Waals surface area (Å²) in [5.74, 6) is -0.366. The molecule has 0 bridgehead atoms. The fourth-order valence-electron chi connectivity index (χ4n) is 1.77. The van der Waals surface area contributed by atoms with Gasteiger partial charge in [0, 0.05) is 17.6 Å². The normalized spacial score (nSPS) is 12.6. The molecule has 2 aromatic rings. The van der Waals surface area contributed by atoms with Gasteiger partial charge in [0.05, 0.1) is 11.7 Å². The lowest BCUT2D eigenvalue weighted by Crippen LogP contribution is -2.18. The lowest BCUT2D eigenvalue weighted by atomic mass is 10.1. The van der Waals surface area contributed by atoms with E-state index in [1.165, 1.54) is 10.9 Å². The monoisotopic (exact) mass is 279 g/mol. The van der Waals surface area contributed by atoms with Gasteiger partial charge < -0.3 is 11.1 Å². The van der Waals surface area contributed by atoms with Crippen molar-refractivity contribution in [3.8, 4) is 0 Å². The first-order valence-corrected chi connectivity index (χ1v) is 7.14. The van der Waals surface area contributed by atoms with Crippen LogP contribution in [0.3, 0.4) is 0 Å². The molecule has 1 aromatic heterocycles. The quantitative estimate of drug-likeness (QED) is 0.826. The molecule has 0 aliphatic heterocycles. The summed E-state index contributed by atoms with van der Waals surface area (Å²) < 4.78 is 13.3. The van der Waals surface area contributed by atoms with E-state index in [0.717, 1.165) is 17.0 Å². The van der Waals surface area contributed by atoms with Gasteiger partial charge in [0.1, 0.15) is 10.8 Å². The highest BCUT2D eigenvalue weighted by molar-refractivity contribution is 7.11. The Balaban J connectivity index is 2.00. The molecule has 0 saturated heterocycles. The van der Waals surface area contributed by atoms with Crippen molar-refractivity contribution in [2.75, 3.05) is 5.73 Å². The Morgan fingerprint density at radius 2 is 2.26 bits per heavy atom. The fourth-order valence-corrected chi connectivity index (χ4v) is 2.66. The molecule has 0 radical (unpaired) electrons. The van der Waals surface area contributed by atoms with E-state index >= 15 is 0 Å². The molecule has 0 aliphatic rings. The minimum atomic E-state index is -0.366. The number of nitrogens with one attached hydrogen (secondary N) is 1. The zero-order valence-electron chi connectivity index (χ0n) is 11.1. The van der Waals surface area contributed by atoms with Crippen molar-refractivity contribution >= 4 is 17.0 Å². The molecule has 1 atom stereocenters. The molecule has 102 valence electrons. The van der Waals surface area contributed by atoms with Crippen molar-refractivity contribution in [1.29, 1.82) is 0 Å². The van der Waals surface area contributed by atoms with Crippen LogP contribution in [0, 0.1) is 5.82 Å². The maximum absolute atomic E-state index is 13.3. The third-order valence-corrected chi connectivity index (χ3v) is 4.36. The molecule has 1 heterocycles. The minimum absolute atomic E-state index is 0.132. The summed E-state index contributed by atoms with van der Waals surface area (Å²) in [6.07, 6.45) is 2.91. The Bertz CT molecular complexity index is 553. The van der Waals surface area contributed by atoms with E-state index in [-0.39, 0.29) is 17.5 Å². The van der Waals surface area contributed by atoms with Crippen LogP contribution in [0.2, 0.25) is 0 Å². The average molecular weight is 279 g/mol. The summed E-state index contributed by atoms with van der Waals surface area (Å²) in [5, 5.41) is 4.37. The van der Waals surface area contributed by atoms with Gasteiger partial charge in [-0.2, -0.15) is 0 Å². The SMILES string of the molecule is CCc1cnc(C(C)NCc2cccc(F)c2N)s1. The number of nitrogens with two attached hydrogens (primary N) is 1. The van der Waals surface area contributed by atoms with E-state index < -0.39 is 0 Å². The molecule has 1 unspecified atom stereocenters. The van der Waals surface area contributed by atoms with E-state index in [2.05, 4.69) is 17.2 Å². The number of halogens is 1. The van der Waals surface area contributed by atoms with E-state index in [1.54, 1.807) is 17.4 Å². The van der Waals surface area contributed by atoms with Crippen LogP contribution in [-0.4, -0.2) is 4.98 Å². The number of hydrogen-bond acceptors (Lipinski definition) is 4. The number of benzene rings is 1. The maximum atomic E-state index is 13.3. The highest BCUT2D eigenvalue weighted by atomic mass is 32.1. The first-order valence-electron chi connectivity index (χ1n) is 6.32. The van der Waals surface area contributed by atoms with Crippen molar-refractivity contribution in [1.82, 2.24) is 10.3 Å². The largest absolute Gasteiger partial charge is 0.396 e. The van der Waals surface area contributed by atoms with Gasteiger partial charge in [-0.25, -0.2) is 9.37 Å². The van der Waals surface area contributed by atoms with Crippen LogP contribution < -0.4 is 11.1 Å². The van der Waals surface area contributed by atoms with Crippen molar-refractivity contribution in [2.24, 2.45) is 0 Å². The lowest BCUT2D eigenvalue weighted by Gasteiger charge is -2.12. The summed E-state index contributed by atoms with van der Waals surface area (Å²) in [4.78, 5) is 5.66. The first-order chi connectivity index (χ1) is 9.11. The number of nitrogen functional groups attached to an aromatic ring is 1. The van der Waals surface area contributed by atoms with E-state index in [4.69, 9.17) is 5.73 Å². The summed E-state index contributed by atoms with van der Waals surface area (Å²) in [7, 11) is 0. The molecular formula is C14H18FN3S. The minimum Gasteiger partial charge on any atom is -0.396 e. The van der Waals surface area contributed by atoms with Crippen molar-refractivity contribution in [3.63, 3.8) is 0 Å². The van der Waals surface area contributed by atoms with Gasteiger partial charge in [-0.1, -0.05) is 19.1 Å². The zero-order chi connectivity index (χ0) is 13.8. The molecule has 0 fully saturated rings. The van der Waals surface area contributed by atoms with E-state index in [1.807, 2.05) is 19.2 Å². The van der Waals surface area contributed by atoms with Gasteiger partial charge >= 0.3 is 0 Å². The maximum Gasteiger partial charge on any atom is 0.146 e. The molecular weight excluding hydrogens is 261 g/mol. The van der Waals surface area contributed by atoms with E-state index in [0.29, 0.717) is 6.54 Å². The summed E-state index contributed by atoms with van der Waals surface area (Å²) in [6.45, 7) is 4.70. The van der Waals surface area contributed by atoms with Gasteiger partial charge in [-0.3, -0.25) is 0 Å². The molecule has 0 saturated carbocycles. The molecule has 19 heavy (non-hydrogen) atoms. The number of rotatable bonds is 5. The highest BCUT2D eigenvalue weighted by Crippen LogP contribution is 2.21. The molecule has 1 aromatic carbocycles. The van der Waals surface area contributed by atoms with Crippen LogP contribution in [-0.2, 0) is 13.0 Å². The Morgan fingerprint density at radius 1 is 1.47 bits per heavy atom. The standard InChI is InChI=1S/C14H18FN3S/c1-3-11-8-18-14(19-11)9(2)17-7-10-5-4-6-12(15)13(10)16/h4-6,8-9,17H,3,7,16H2,1-2H3.